The highest BCUT2D eigenvalue weighted by Gasteiger charge is 2.29. The smallest absolute Gasteiger partial charge is 0.288 e. The van der Waals surface area contributed by atoms with E-state index in [9.17, 15) is 24.3 Å². The average Bonchev–Trinajstić information content (AvgIpc) is 3.00. The molecule has 1 fully saturated rings. The maximum absolute atomic E-state index is 12.4. The van der Waals surface area contributed by atoms with Crippen LogP contribution < -0.4 is 15.6 Å². The number of methoxy groups -OCH3 is 1. The summed E-state index contributed by atoms with van der Waals surface area (Å²) < 4.78 is 6.14. The Labute approximate surface area is 163 Å². The van der Waals surface area contributed by atoms with Gasteiger partial charge in [0.25, 0.3) is 16.7 Å². The van der Waals surface area contributed by atoms with E-state index in [2.05, 4.69) is 10.4 Å². The van der Waals surface area contributed by atoms with E-state index in [0.29, 0.717) is 11.4 Å². The Hall–Kier alpha value is -3.34. The van der Waals surface area contributed by atoms with Crippen molar-refractivity contribution in [2.24, 2.45) is 0 Å². The molecule has 11 heteroatoms. The number of carbonyl (C=O) groups is 3. The highest BCUT2D eigenvalue weighted by molar-refractivity contribution is 8.14. The lowest BCUT2D eigenvalue weighted by Gasteiger charge is -2.14. The Bertz CT molecular complexity index is 989. The van der Waals surface area contributed by atoms with Gasteiger partial charge in [-0.3, -0.25) is 24.1 Å². The highest BCUT2D eigenvalue weighted by Crippen LogP contribution is 2.21. The van der Waals surface area contributed by atoms with Gasteiger partial charge in [-0.2, -0.15) is 9.78 Å². The molecule has 1 aliphatic heterocycles. The SMILES string of the molecule is COc1ccccc1-n1nc(C(=O)NCCN2C(=O)CSC2=O)c(O)cc1=O. The van der Waals surface area contributed by atoms with E-state index < -0.39 is 17.2 Å². The highest BCUT2D eigenvalue weighted by atomic mass is 32.2. The van der Waals surface area contributed by atoms with Crippen molar-refractivity contribution in [3.8, 4) is 17.2 Å². The fourth-order valence-electron chi connectivity index (χ4n) is 2.55. The molecule has 1 aromatic heterocycles. The van der Waals surface area contributed by atoms with Gasteiger partial charge in [0.05, 0.1) is 12.9 Å². The van der Waals surface area contributed by atoms with E-state index >= 15 is 0 Å². The lowest BCUT2D eigenvalue weighted by atomic mass is 10.3. The molecule has 0 atom stereocenters. The zero-order valence-corrected chi connectivity index (χ0v) is 15.6. The maximum atomic E-state index is 12.4. The number of hydrogen-bond acceptors (Lipinski definition) is 8. The number of hydrogen-bond donors (Lipinski definition) is 2. The number of rotatable bonds is 6. The summed E-state index contributed by atoms with van der Waals surface area (Å²) in [5, 5.41) is 16.0. The number of amides is 3. The fraction of sp³-hybridized carbons (Fsp3) is 0.235. The van der Waals surface area contributed by atoms with Crippen LogP contribution in [0.5, 0.6) is 11.5 Å². The predicted octanol–water partition coefficient (Wildman–Crippen LogP) is 0.372. The van der Waals surface area contributed by atoms with Gasteiger partial charge in [-0.25, -0.2) is 0 Å². The van der Waals surface area contributed by atoms with Crippen molar-refractivity contribution in [1.82, 2.24) is 20.0 Å². The third-order valence-electron chi connectivity index (χ3n) is 3.90. The first kappa shape index (κ1) is 19.4. The van der Waals surface area contributed by atoms with E-state index in [1.54, 1.807) is 24.3 Å². The van der Waals surface area contributed by atoms with E-state index in [-0.39, 0.29) is 35.7 Å². The monoisotopic (exact) mass is 404 g/mol. The van der Waals surface area contributed by atoms with Crippen LogP contribution in [0.15, 0.2) is 35.1 Å². The van der Waals surface area contributed by atoms with Crippen molar-refractivity contribution in [2.75, 3.05) is 26.0 Å². The molecule has 1 aliphatic rings. The Morgan fingerprint density at radius 2 is 2.07 bits per heavy atom. The summed E-state index contributed by atoms with van der Waals surface area (Å²) >= 11 is 0.898. The summed E-state index contributed by atoms with van der Waals surface area (Å²) in [7, 11) is 1.43. The number of ether oxygens (including phenoxy) is 1. The molecule has 1 saturated heterocycles. The number of para-hydroxylation sites is 2. The summed E-state index contributed by atoms with van der Waals surface area (Å²) in [6.45, 7) is -0.0188. The fourth-order valence-corrected chi connectivity index (χ4v) is 3.30. The molecule has 0 spiro atoms. The van der Waals surface area contributed by atoms with Crippen molar-refractivity contribution in [1.29, 1.82) is 0 Å². The van der Waals surface area contributed by atoms with E-state index in [1.165, 1.54) is 7.11 Å². The number of aromatic hydroxyl groups is 1. The third-order valence-corrected chi connectivity index (χ3v) is 4.76. The van der Waals surface area contributed by atoms with Gasteiger partial charge in [0.15, 0.2) is 11.4 Å². The Kier molecular flexibility index (Phi) is 5.64. The van der Waals surface area contributed by atoms with Crippen LogP contribution >= 0.6 is 11.8 Å². The maximum Gasteiger partial charge on any atom is 0.288 e. The zero-order chi connectivity index (χ0) is 20.3. The standard InChI is InChI=1S/C17H16N4O6S/c1-27-12-5-3-2-4-10(12)21-13(23)8-11(22)15(19-21)16(25)18-6-7-20-14(24)9-28-17(20)26/h2-5,8,22H,6-7,9H2,1H3,(H,18,25). The normalized spacial score (nSPS) is 13.7. The first-order valence-electron chi connectivity index (χ1n) is 8.14. The molecule has 2 N–H and O–H groups in total. The molecule has 1 aromatic carbocycles. The topological polar surface area (TPSA) is 131 Å². The lowest BCUT2D eigenvalue weighted by molar-refractivity contribution is -0.124. The van der Waals surface area contributed by atoms with Crippen LogP contribution in [-0.2, 0) is 4.79 Å². The number of thioether (sulfide) groups is 1. The summed E-state index contributed by atoms with van der Waals surface area (Å²) in [5.74, 6) is -1.23. The zero-order valence-electron chi connectivity index (χ0n) is 14.7. The van der Waals surface area contributed by atoms with Gasteiger partial charge < -0.3 is 15.2 Å². The Balaban J connectivity index is 1.80. The molecule has 0 unspecified atom stereocenters. The molecule has 0 aliphatic carbocycles. The van der Waals surface area contributed by atoms with Crippen LogP contribution in [-0.4, -0.2) is 62.8 Å². The molecule has 146 valence electrons. The van der Waals surface area contributed by atoms with Crippen LogP contribution in [0.1, 0.15) is 10.5 Å². The van der Waals surface area contributed by atoms with Gasteiger partial charge in [0.1, 0.15) is 11.4 Å². The van der Waals surface area contributed by atoms with E-state index in [1.807, 2.05) is 0 Å². The van der Waals surface area contributed by atoms with Gasteiger partial charge in [0.2, 0.25) is 5.91 Å². The van der Waals surface area contributed by atoms with E-state index in [0.717, 1.165) is 27.4 Å². The number of aromatic nitrogens is 2. The number of benzene rings is 1. The summed E-state index contributed by atoms with van der Waals surface area (Å²) in [5.41, 5.74) is -0.725. The second kappa shape index (κ2) is 8.13. The van der Waals surface area contributed by atoms with Crippen molar-refractivity contribution >= 4 is 28.8 Å². The van der Waals surface area contributed by atoms with Crippen LogP contribution in [0.4, 0.5) is 4.79 Å². The number of nitrogens with zero attached hydrogens (tertiary/aromatic N) is 3. The molecule has 28 heavy (non-hydrogen) atoms. The number of nitrogens with one attached hydrogen (secondary N) is 1. The molecular formula is C17H16N4O6S. The van der Waals surface area contributed by atoms with Crippen molar-refractivity contribution in [3.05, 3.63) is 46.4 Å². The third kappa shape index (κ3) is 3.83. The molecule has 3 rings (SSSR count). The van der Waals surface area contributed by atoms with Gasteiger partial charge >= 0.3 is 0 Å². The Morgan fingerprint density at radius 3 is 2.75 bits per heavy atom. The molecule has 10 nitrogen and oxygen atoms in total. The second-order valence-electron chi connectivity index (χ2n) is 5.66. The minimum absolute atomic E-state index is 0.00329. The predicted molar refractivity (Wildman–Crippen MR) is 100.0 cm³/mol. The second-order valence-corrected chi connectivity index (χ2v) is 6.58. The van der Waals surface area contributed by atoms with Crippen LogP contribution in [0, 0.1) is 0 Å². The minimum Gasteiger partial charge on any atom is -0.505 e. The number of carbonyl (C=O) groups excluding carboxylic acids is 3. The van der Waals surface area contributed by atoms with Crippen LogP contribution in [0.25, 0.3) is 5.69 Å². The van der Waals surface area contributed by atoms with Gasteiger partial charge in [-0.1, -0.05) is 23.9 Å². The summed E-state index contributed by atoms with van der Waals surface area (Å²) in [6.07, 6.45) is 0. The lowest BCUT2D eigenvalue weighted by Crippen LogP contribution is -2.38. The van der Waals surface area contributed by atoms with E-state index in [4.69, 9.17) is 4.74 Å². The Morgan fingerprint density at radius 1 is 1.32 bits per heavy atom. The minimum atomic E-state index is -0.757. The molecular weight excluding hydrogens is 388 g/mol. The molecule has 0 saturated carbocycles. The molecule has 2 aromatic rings. The largest absolute Gasteiger partial charge is 0.505 e. The van der Waals surface area contributed by atoms with Crippen molar-refractivity contribution < 1.29 is 24.2 Å². The summed E-state index contributed by atoms with van der Waals surface area (Å²) in [6, 6.07) is 7.45. The molecule has 3 amide bonds. The molecule has 0 radical (unpaired) electrons. The van der Waals surface area contributed by atoms with Gasteiger partial charge in [-0.15, -0.1) is 0 Å². The quantitative estimate of drug-likeness (QED) is 0.706. The molecule has 0 bridgehead atoms. The first-order chi connectivity index (χ1) is 13.4. The van der Waals surface area contributed by atoms with Crippen molar-refractivity contribution in [3.63, 3.8) is 0 Å². The average molecular weight is 404 g/mol. The number of imide groups is 1. The van der Waals surface area contributed by atoms with Gasteiger partial charge in [0, 0.05) is 19.2 Å². The van der Waals surface area contributed by atoms with Crippen LogP contribution in [0.3, 0.4) is 0 Å². The molecule has 2 heterocycles. The first-order valence-corrected chi connectivity index (χ1v) is 9.13. The van der Waals surface area contributed by atoms with Gasteiger partial charge in [-0.05, 0) is 12.1 Å². The van der Waals surface area contributed by atoms with Crippen LogP contribution in [0.2, 0.25) is 0 Å². The summed E-state index contributed by atoms with van der Waals surface area (Å²) in [4.78, 5) is 48.7. The van der Waals surface area contributed by atoms with Crippen molar-refractivity contribution in [2.45, 2.75) is 0 Å².